The van der Waals surface area contributed by atoms with E-state index in [1.807, 2.05) is 32.0 Å². The number of hydrogen-bond donors (Lipinski definition) is 1. The van der Waals surface area contributed by atoms with Crippen molar-refractivity contribution in [2.24, 2.45) is 0 Å². The van der Waals surface area contributed by atoms with Gasteiger partial charge in [-0.25, -0.2) is 4.79 Å². The van der Waals surface area contributed by atoms with Gasteiger partial charge < -0.3 is 10.1 Å². The van der Waals surface area contributed by atoms with Gasteiger partial charge in [-0.15, -0.1) is 0 Å². The number of pyridine rings is 1. The Balaban J connectivity index is 1.94. The average molecular weight is 340 g/mol. The van der Waals surface area contributed by atoms with Crippen LogP contribution in [-0.4, -0.2) is 30.0 Å². The molecule has 2 aromatic rings. The zero-order chi connectivity index (χ0) is 17.8. The number of aromatic nitrogens is 1. The highest BCUT2D eigenvalue weighted by atomic mass is 16.5. The van der Waals surface area contributed by atoms with Crippen LogP contribution in [0.5, 0.6) is 0 Å². The van der Waals surface area contributed by atoms with E-state index in [9.17, 15) is 9.59 Å². The molecule has 1 aromatic heterocycles. The Morgan fingerprint density at radius 3 is 2.84 bits per heavy atom. The van der Waals surface area contributed by atoms with Gasteiger partial charge in [0.25, 0.3) is 5.91 Å². The Hall–Kier alpha value is -2.43. The number of nitrogens with zero attached hydrogens (tertiary/aromatic N) is 1. The zero-order valence-corrected chi connectivity index (χ0v) is 14.9. The number of esters is 1. The highest BCUT2D eigenvalue weighted by molar-refractivity contribution is 6.05. The maximum atomic E-state index is 12.8. The summed E-state index contributed by atoms with van der Waals surface area (Å²) in [6.07, 6.45) is 4.70. The van der Waals surface area contributed by atoms with Gasteiger partial charge in [0.15, 0.2) is 6.61 Å². The Morgan fingerprint density at radius 2 is 2.04 bits per heavy atom. The molecule has 0 saturated carbocycles. The molecule has 0 fully saturated rings. The number of fused-ring (bicyclic) bond motifs is 2. The summed E-state index contributed by atoms with van der Waals surface area (Å²) in [4.78, 5) is 29.3. The van der Waals surface area contributed by atoms with Crippen molar-refractivity contribution in [3.63, 3.8) is 0 Å². The minimum atomic E-state index is -0.428. The molecule has 25 heavy (non-hydrogen) atoms. The molecule has 0 radical (unpaired) electrons. The van der Waals surface area contributed by atoms with Gasteiger partial charge in [-0.2, -0.15) is 0 Å². The molecular formula is C20H24N2O3. The minimum absolute atomic E-state index is 0.247. The van der Waals surface area contributed by atoms with E-state index >= 15 is 0 Å². The van der Waals surface area contributed by atoms with Crippen LogP contribution in [0.15, 0.2) is 18.2 Å². The quantitative estimate of drug-likeness (QED) is 0.849. The van der Waals surface area contributed by atoms with E-state index in [4.69, 9.17) is 9.72 Å². The lowest BCUT2D eigenvalue weighted by Gasteiger charge is -2.20. The summed E-state index contributed by atoms with van der Waals surface area (Å²) < 4.78 is 5.32. The van der Waals surface area contributed by atoms with Crippen LogP contribution in [0.4, 0.5) is 0 Å². The van der Waals surface area contributed by atoms with Crippen LogP contribution in [0.3, 0.4) is 0 Å². The van der Waals surface area contributed by atoms with Crippen molar-refractivity contribution in [3.05, 3.63) is 40.6 Å². The standard InChI is InChI=1S/C20H24N2O3/c1-3-10-21-18(23)12-25-20(24)19-14-6-4-5-7-16(14)22-17-9-8-13(2)11-15(17)19/h8-9,11H,3-7,10,12H2,1-2H3,(H,21,23). The third-order valence-electron chi connectivity index (χ3n) is 4.53. The van der Waals surface area contributed by atoms with Gasteiger partial charge in [-0.1, -0.05) is 18.6 Å². The number of rotatable bonds is 5. The van der Waals surface area contributed by atoms with Crippen molar-refractivity contribution < 1.29 is 14.3 Å². The van der Waals surface area contributed by atoms with Gasteiger partial charge in [0.1, 0.15) is 0 Å². The molecule has 1 N–H and O–H groups in total. The van der Waals surface area contributed by atoms with Gasteiger partial charge >= 0.3 is 5.97 Å². The summed E-state index contributed by atoms with van der Waals surface area (Å²) in [7, 11) is 0. The Kier molecular flexibility index (Phi) is 5.31. The van der Waals surface area contributed by atoms with Crippen molar-refractivity contribution in [2.75, 3.05) is 13.2 Å². The highest BCUT2D eigenvalue weighted by Crippen LogP contribution is 2.30. The van der Waals surface area contributed by atoms with Gasteiger partial charge in [0, 0.05) is 17.6 Å². The molecule has 0 bridgehead atoms. The Morgan fingerprint density at radius 1 is 1.24 bits per heavy atom. The summed E-state index contributed by atoms with van der Waals surface area (Å²) in [6, 6.07) is 5.92. The van der Waals surface area contributed by atoms with E-state index in [0.29, 0.717) is 12.1 Å². The second-order valence-corrected chi connectivity index (χ2v) is 6.57. The summed E-state index contributed by atoms with van der Waals surface area (Å²) in [5.41, 5.74) is 4.45. The van der Waals surface area contributed by atoms with Crippen LogP contribution in [0, 0.1) is 6.92 Å². The Bertz CT molecular complexity index is 814. The summed E-state index contributed by atoms with van der Waals surface area (Å²) in [5.74, 6) is -0.693. The first-order valence-corrected chi connectivity index (χ1v) is 8.96. The molecule has 0 saturated heterocycles. The van der Waals surface area contributed by atoms with Crippen molar-refractivity contribution in [1.29, 1.82) is 0 Å². The highest BCUT2D eigenvalue weighted by Gasteiger charge is 2.24. The van der Waals surface area contributed by atoms with Gasteiger partial charge in [-0.05, 0) is 56.7 Å². The van der Waals surface area contributed by atoms with Gasteiger partial charge in [-0.3, -0.25) is 9.78 Å². The van der Waals surface area contributed by atoms with Gasteiger partial charge in [0.05, 0.1) is 11.1 Å². The number of carbonyl (C=O) groups excluding carboxylic acids is 2. The smallest absolute Gasteiger partial charge is 0.339 e. The summed E-state index contributed by atoms with van der Waals surface area (Å²) >= 11 is 0. The monoisotopic (exact) mass is 340 g/mol. The van der Waals surface area contributed by atoms with Crippen LogP contribution >= 0.6 is 0 Å². The van der Waals surface area contributed by atoms with Crippen LogP contribution < -0.4 is 5.32 Å². The number of aryl methyl sites for hydroxylation is 2. The molecule has 0 aliphatic heterocycles. The molecule has 5 heteroatoms. The van der Waals surface area contributed by atoms with E-state index in [2.05, 4.69) is 5.32 Å². The third kappa shape index (κ3) is 3.81. The number of hydrogen-bond acceptors (Lipinski definition) is 4. The normalized spacial score (nSPS) is 13.4. The first-order chi connectivity index (χ1) is 12.1. The molecular weight excluding hydrogens is 316 g/mol. The number of benzene rings is 1. The number of amides is 1. The van der Waals surface area contributed by atoms with Crippen LogP contribution in [-0.2, 0) is 22.4 Å². The predicted octanol–water partition coefficient (Wildman–Crippen LogP) is 3.11. The average Bonchev–Trinajstić information content (AvgIpc) is 2.62. The fourth-order valence-corrected chi connectivity index (χ4v) is 3.29. The lowest BCUT2D eigenvalue weighted by molar-refractivity contribution is -0.124. The molecule has 0 spiro atoms. The Labute approximate surface area is 147 Å². The maximum Gasteiger partial charge on any atom is 0.339 e. The predicted molar refractivity (Wildman–Crippen MR) is 96.7 cm³/mol. The number of carbonyl (C=O) groups is 2. The van der Waals surface area contributed by atoms with Crippen LogP contribution in [0.2, 0.25) is 0 Å². The van der Waals surface area contributed by atoms with Crippen molar-refractivity contribution in [1.82, 2.24) is 10.3 Å². The maximum absolute atomic E-state index is 12.8. The molecule has 0 atom stereocenters. The minimum Gasteiger partial charge on any atom is -0.452 e. The van der Waals surface area contributed by atoms with Gasteiger partial charge in [0.2, 0.25) is 0 Å². The largest absolute Gasteiger partial charge is 0.452 e. The molecule has 3 rings (SSSR count). The van der Waals surface area contributed by atoms with E-state index in [0.717, 1.165) is 59.8 Å². The first kappa shape index (κ1) is 17.4. The summed E-state index contributed by atoms with van der Waals surface area (Å²) in [6.45, 7) is 4.31. The van der Waals surface area contributed by atoms with E-state index in [-0.39, 0.29) is 12.5 Å². The van der Waals surface area contributed by atoms with Crippen molar-refractivity contribution >= 4 is 22.8 Å². The summed E-state index contributed by atoms with van der Waals surface area (Å²) in [5, 5.41) is 3.54. The number of ether oxygens (including phenoxy) is 1. The van der Waals surface area contributed by atoms with Crippen molar-refractivity contribution in [2.45, 2.75) is 46.0 Å². The van der Waals surface area contributed by atoms with E-state index in [1.54, 1.807) is 0 Å². The van der Waals surface area contributed by atoms with Crippen LogP contribution in [0.1, 0.15) is 53.4 Å². The topological polar surface area (TPSA) is 68.3 Å². The molecule has 1 amide bonds. The fraction of sp³-hybridized carbons (Fsp3) is 0.450. The van der Waals surface area contributed by atoms with Crippen molar-refractivity contribution in [3.8, 4) is 0 Å². The first-order valence-electron chi connectivity index (χ1n) is 8.96. The SMILES string of the molecule is CCCNC(=O)COC(=O)c1c2c(nc3ccc(C)cc13)CCCC2. The molecule has 1 aliphatic rings. The van der Waals surface area contributed by atoms with E-state index < -0.39 is 5.97 Å². The second-order valence-electron chi connectivity index (χ2n) is 6.57. The molecule has 1 aliphatic carbocycles. The molecule has 0 unspecified atom stereocenters. The zero-order valence-electron chi connectivity index (χ0n) is 14.9. The molecule has 132 valence electrons. The lowest BCUT2D eigenvalue weighted by atomic mass is 9.89. The third-order valence-corrected chi connectivity index (χ3v) is 4.53. The molecule has 1 heterocycles. The molecule has 5 nitrogen and oxygen atoms in total. The second kappa shape index (κ2) is 7.64. The fourth-order valence-electron chi connectivity index (χ4n) is 3.29. The van der Waals surface area contributed by atoms with Crippen LogP contribution in [0.25, 0.3) is 10.9 Å². The number of nitrogens with one attached hydrogen (secondary N) is 1. The molecule has 1 aromatic carbocycles. The lowest BCUT2D eigenvalue weighted by Crippen LogP contribution is -2.29. The van der Waals surface area contributed by atoms with E-state index in [1.165, 1.54) is 0 Å².